The van der Waals surface area contributed by atoms with E-state index in [-0.39, 0.29) is 24.6 Å². The smallest absolute Gasteiger partial charge is 0.254 e. The number of amides is 1. The molecule has 1 unspecified atom stereocenters. The number of carbonyl (C=O) groups excluding carboxylic acids is 1. The zero-order valence-corrected chi connectivity index (χ0v) is 22.6. The Morgan fingerprint density at radius 1 is 1.08 bits per heavy atom. The Balaban J connectivity index is 1.54. The summed E-state index contributed by atoms with van der Waals surface area (Å²) in [6.45, 7) is 13.4. The first-order chi connectivity index (χ1) is 18.4. The van der Waals surface area contributed by atoms with Crippen LogP contribution in [0.3, 0.4) is 0 Å². The Hall–Kier alpha value is -3.59. The molecule has 1 atom stereocenters. The summed E-state index contributed by atoms with van der Waals surface area (Å²) in [5.41, 5.74) is 3.04. The van der Waals surface area contributed by atoms with Crippen LogP contribution in [0.5, 0.6) is 11.5 Å². The fourth-order valence-corrected chi connectivity index (χ4v) is 5.14. The van der Waals surface area contributed by atoms with Gasteiger partial charge in [-0.1, -0.05) is 19.9 Å². The van der Waals surface area contributed by atoms with Crippen molar-refractivity contribution in [3.05, 3.63) is 65.1 Å². The van der Waals surface area contributed by atoms with Gasteiger partial charge in [-0.2, -0.15) is 5.10 Å². The number of likely N-dealkylation sites (N-methyl/N-ethyl adjacent to an activating group) is 1. The van der Waals surface area contributed by atoms with E-state index in [1.54, 1.807) is 24.3 Å². The molecule has 5 rings (SSSR count). The van der Waals surface area contributed by atoms with Crippen molar-refractivity contribution in [1.29, 1.82) is 0 Å². The van der Waals surface area contributed by atoms with Crippen LogP contribution in [0, 0.1) is 12.7 Å². The van der Waals surface area contributed by atoms with E-state index in [1.165, 1.54) is 12.1 Å². The van der Waals surface area contributed by atoms with Crippen molar-refractivity contribution < 1.29 is 18.7 Å². The second kappa shape index (κ2) is 11.0. The maximum atomic E-state index is 14.2. The Kier molecular flexibility index (Phi) is 7.56. The third kappa shape index (κ3) is 5.07. The number of hydrogen-bond acceptors (Lipinski definition) is 6. The predicted octanol–water partition coefficient (Wildman–Crippen LogP) is 4.63. The van der Waals surface area contributed by atoms with Crippen molar-refractivity contribution in [3.63, 3.8) is 0 Å². The third-order valence-corrected chi connectivity index (χ3v) is 7.66. The van der Waals surface area contributed by atoms with Crippen LogP contribution in [0.4, 0.5) is 10.2 Å². The zero-order chi connectivity index (χ0) is 26.8. The summed E-state index contributed by atoms with van der Waals surface area (Å²) in [6.07, 6.45) is 0.803. The normalized spacial score (nSPS) is 16.1. The number of aromatic nitrogens is 2. The fraction of sp³-hybridized carbons (Fsp3) is 0.448. The third-order valence-electron chi connectivity index (χ3n) is 7.66. The van der Waals surface area contributed by atoms with Gasteiger partial charge in [-0.15, -0.1) is 0 Å². The van der Waals surface area contributed by atoms with Crippen molar-refractivity contribution in [2.45, 2.75) is 46.7 Å². The van der Waals surface area contributed by atoms with E-state index >= 15 is 0 Å². The molecule has 1 aromatic heterocycles. The number of nitrogens with zero attached hydrogens (tertiary/aromatic N) is 5. The molecule has 3 heterocycles. The van der Waals surface area contributed by atoms with Gasteiger partial charge in [0.1, 0.15) is 11.6 Å². The predicted molar refractivity (Wildman–Crippen MR) is 145 cm³/mol. The molecule has 2 aliphatic heterocycles. The zero-order valence-electron chi connectivity index (χ0n) is 22.6. The van der Waals surface area contributed by atoms with Crippen molar-refractivity contribution in [2.24, 2.45) is 0 Å². The van der Waals surface area contributed by atoms with Gasteiger partial charge < -0.3 is 24.2 Å². The first-order valence-corrected chi connectivity index (χ1v) is 13.4. The fourth-order valence-electron chi connectivity index (χ4n) is 5.14. The van der Waals surface area contributed by atoms with E-state index in [9.17, 15) is 9.18 Å². The highest BCUT2D eigenvalue weighted by Crippen LogP contribution is 2.34. The molecule has 1 amide bonds. The van der Waals surface area contributed by atoms with Gasteiger partial charge in [0.15, 0.2) is 11.5 Å². The first kappa shape index (κ1) is 26.0. The van der Waals surface area contributed by atoms with Crippen LogP contribution in [-0.4, -0.2) is 71.0 Å². The SMILES string of the molecule is CCC(C)N(Cc1c(C)nn(-c2cccc(F)c2)c1N1CCN(CC)CC1)C(=O)c1ccc2c(c1)OCO2. The summed E-state index contributed by atoms with van der Waals surface area (Å²) in [5.74, 6) is 1.79. The van der Waals surface area contributed by atoms with Crippen LogP contribution < -0.4 is 14.4 Å². The molecule has 1 saturated heterocycles. The van der Waals surface area contributed by atoms with E-state index in [0.29, 0.717) is 29.3 Å². The molecule has 0 aliphatic carbocycles. The number of hydrogen-bond donors (Lipinski definition) is 0. The van der Waals surface area contributed by atoms with Gasteiger partial charge in [-0.3, -0.25) is 4.79 Å². The summed E-state index contributed by atoms with van der Waals surface area (Å²) in [5, 5.41) is 4.87. The van der Waals surface area contributed by atoms with Crippen molar-refractivity contribution in [2.75, 3.05) is 44.4 Å². The monoisotopic (exact) mass is 521 g/mol. The molecule has 3 aromatic rings. The van der Waals surface area contributed by atoms with Crippen molar-refractivity contribution in [3.8, 4) is 17.2 Å². The maximum absolute atomic E-state index is 14.2. The Morgan fingerprint density at radius 2 is 1.84 bits per heavy atom. The molecule has 202 valence electrons. The van der Waals surface area contributed by atoms with Crippen LogP contribution in [0.2, 0.25) is 0 Å². The molecular weight excluding hydrogens is 485 g/mol. The molecule has 0 radical (unpaired) electrons. The van der Waals surface area contributed by atoms with Gasteiger partial charge in [-0.05, 0) is 63.2 Å². The summed E-state index contributed by atoms with van der Waals surface area (Å²) < 4.78 is 27.0. The number of ether oxygens (including phenoxy) is 2. The number of piperazine rings is 1. The van der Waals surface area contributed by atoms with Crippen LogP contribution in [-0.2, 0) is 6.54 Å². The van der Waals surface area contributed by atoms with E-state index < -0.39 is 0 Å². The van der Waals surface area contributed by atoms with E-state index in [0.717, 1.165) is 56.2 Å². The van der Waals surface area contributed by atoms with E-state index in [4.69, 9.17) is 14.6 Å². The Morgan fingerprint density at radius 3 is 2.55 bits per heavy atom. The van der Waals surface area contributed by atoms with Gasteiger partial charge in [0.05, 0.1) is 17.9 Å². The van der Waals surface area contributed by atoms with Crippen LogP contribution >= 0.6 is 0 Å². The van der Waals surface area contributed by atoms with Crippen molar-refractivity contribution in [1.82, 2.24) is 19.6 Å². The summed E-state index contributed by atoms with van der Waals surface area (Å²) in [4.78, 5) is 20.5. The number of anilines is 1. The molecule has 2 aliphatic rings. The number of halogens is 1. The summed E-state index contributed by atoms with van der Waals surface area (Å²) in [6, 6.07) is 11.9. The van der Waals surface area contributed by atoms with Crippen LogP contribution in [0.25, 0.3) is 5.69 Å². The molecule has 0 spiro atoms. The molecule has 0 saturated carbocycles. The first-order valence-electron chi connectivity index (χ1n) is 13.4. The average molecular weight is 522 g/mol. The van der Waals surface area contributed by atoms with E-state index in [2.05, 4.69) is 30.6 Å². The van der Waals surface area contributed by atoms with Crippen molar-refractivity contribution >= 4 is 11.7 Å². The second-order valence-electron chi connectivity index (χ2n) is 9.96. The number of fused-ring (bicyclic) bond motifs is 1. The number of carbonyl (C=O) groups is 1. The minimum Gasteiger partial charge on any atom is -0.454 e. The van der Waals surface area contributed by atoms with Gasteiger partial charge in [0.25, 0.3) is 5.91 Å². The lowest BCUT2D eigenvalue weighted by Gasteiger charge is -2.37. The lowest BCUT2D eigenvalue weighted by Crippen LogP contribution is -2.47. The molecule has 8 nitrogen and oxygen atoms in total. The summed E-state index contributed by atoms with van der Waals surface area (Å²) >= 11 is 0. The summed E-state index contributed by atoms with van der Waals surface area (Å²) in [7, 11) is 0. The van der Waals surface area contributed by atoms with Gasteiger partial charge in [0.2, 0.25) is 6.79 Å². The highest BCUT2D eigenvalue weighted by Gasteiger charge is 2.30. The van der Waals surface area contributed by atoms with Gasteiger partial charge in [0, 0.05) is 43.3 Å². The van der Waals surface area contributed by atoms with Crippen LogP contribution in [0.1, 0.15) is 48.8 Å². The van der Waals surface area contributed by atoms with Crippen LogP contribution in [0.15, 0.2) is 42.5 Å². The lowest BCUT2D eigenvalue weighted by molar-refractivity contribution is 0.0671. The minimum atomic E-state index is -0.307. The topological polar surface area (TPSA) is 63.1 Å². The molecule has 0 N–H and O–H groups in total. The number of aryl methyl sites for hydroxylation is 1. The minimum absolute atomic E-state index is 0.00497. The maximum Gasteiger partial charge on any atom is 0.254 e. The van der Waals surface area contributed by atoms with E-state index in [1.807, 2.05) is 22.6 Å². The number of rotatable bonds is 8. The Labute approximate surface area is 223 Å². The van der Waals surface area contributed by atoms with Gasteiger partial charge >= 0.3 is 0 Å². The molecule has 2 aromatic carbocycles. The quantitative estimate of drug-likeness (QED) is 0.431. The molecule has 1 fully saturated rings. The molecule has 38 heavy (non-hydrogen) atoms. The lowest BCUT2D eigenvalue weighted by atomic mass is 10.1. The van der Waals surface area contributed by atoms with Gasteiger partial charge in [-0.25, -0.2) is 9.07 Å². The average Bonchev–Trinajstić information content (AvgIpc) is 3.54. The highest BCUT2D eigenvalue weighted by molar-refractivity contribution is 5.95. The molecular formula is C29H36FN5O3. The second-order valence-corrected chi connectivity index (χ2v) is 9.96. The Bertz CT molecular complexity index is 1300. The standard InChI is InChI=1S/C29H36FN5O3/c1-5-20(3)34(29(36)22-10-11-26-27(16-22)38-19-37-26)18-25-21(4)31-35(24-9-7-8-23(30)17-24)28(25)33-14-12-32(6-2)13-15-33/h7-11,16-17,20H,5-6,12-15,18-19H2,1-4H3. The highest BCUT2D eigenvalue weighted by atomic mass is 19.1. The molecule has 0 bridgehead atoms. The number of benzene rings is 2. The largest absolute Gasteiger partial charge is 0.454 e. The molecule has 9 heteroatoms.